The Morgan fingerprint density at radius 3 is 2.62 bits per heavy atom. The van der Waals surface area contributed by atoms with Crippen molar-refractivity contribution in [2.24, 2.45) is 10.2 Å². The topological polar surface area (TPSA) is 45.0 Å². The zero-order chi connectivity index (χ0) is 20.2. The molecule has 0 bridgehead atoms. The van der Waals surface area contributed by atoms with Crippen LogP contribution >= 0.6 is 27.7 Å². The van der Waals surface area contributed by atoms with E-state index in [1.807, 2.05) is 49.4 Å². The molecule has 1 fully saturated rings. The van der Waals surface area contributed by atoms with Crippen LogP contribution in [0.5, 0.6) is 0 Å². The maximum absolute atomic E-state index is 12.9. The van der Waals surface area contributed by atoms with Crippen molar-refractivity contribution in [2.75, 3.05) is 0 Å². The Bertz CT molecular complexity index is 1090. The van der Waals surface area contributed by atoms with E-state index in [4.69, 9.17) is 0 Å². The molecule has 0 spiro atoms. The molecular formula is C23H20BrN3OS. The van der Waals surface area contributed by atoms with Gasteiger partial charge in [0.2, 0.25) is 5.91 Å². The van der Waals surface area contributed by atoms with Crippen molar-refractivity contribution >= 4 is 55.8 Å². The monoisotopic (exact) mass is 465 g/mol. The van der Waals surface area contributed by atoms with Gasteiger partial charge in [-0.25, -0.2) is 0 Å². The fourth-order valence-electron chi connectivity index (χ4n) is 3.28. The summed E-state index contributed by atoms with van der Waals surface area (Å²) in [5, 5.41) is 11.5. The van der Waals surface area contributed by atoms with Crippen molar-refractivity contribution in [1.29, 1.82) is 0 Å². The van der Waals surface area contributed by atoms with Crippen LogP contribution in [0.1, 0.15) is 24.5 Å². The number of amides is 1. The van der Waals surface area contributed by atoms with E-state index in [-0.39, 0.29) is 11.2 Å². The summed E-state index contributed by atoms with van der Waals surface area (Å²) in [6.45, 7) is 2.52. The second-order valence-electron chi connectivity index (χ2n) is 6.76. The number of nitrogens with zero attached hydrogens (tertiary/aromatic N) is 3. The fourth-order valence-corrected chi connectivity index (χ4v) is 4.57. The van der Waals surface area contributed by atoms with Crippen LogP contribution in [0, 0.1) is 0 Å². The third-order valence-electron chi connectivity index (χ3n) is 4.82. The molecule has 0 N–H and O–H groups in total. The lowest BCUT2D eigenvalue weighted by molar-refractivity contribution is -0.126. The summed E-state index contributed by atoms with van der Waals surface area (Å²) in [6.07, 6.45) is 2.48. The molecule has 1 aliphatic rings. The van der Waals surface area contributed by atoms with Gasteiger partial charge in [-0.15, -0.1) is 5.10 Å². The molecule has 0 saturated carbocycles. The van der Waals surface area contributed by atoms with Gasteiger partial charge in [0.25, 0.3) is 0 Å². The summed E-state index contributed by atoms with van der Waals surface area (Å²) >= 11 is 4.92. The highest BCUT2D eigenvalue weighted by Gasteiger charge is 2.37. The number of carbonyl (C=O) groups is 1. The van der Waals surface area contributed by atoms with Gasteiger partial charge in [0.05, 0.1) is 18.0 Å². The first-order valence-electron chi connectivity index (χ1n) is 9.47. The third-order valence-corrected chi connectivity index (χ3v) is 6.68. The summed E-state index contributed by atoms with van der Waals surface area (Å²) < 4.78 is 1.02. The Balaban J connectivity index is 1.61. The number of hydrogen-bond donors (Lipinski definition) is 0. The number of carbonyl (C=O) groups excluding carboxylic acids is 1. The van der Waals surface area contributed by atoms with E-state index in [1.165, 1.54) is 17.1 Å². The van der Waals surface area contributed by atoms with Crippen molar-refractivity contribution < 1.29 is 4.79 Å². The maximum Gasteiger partial charge on any atom is 0.242 e. The minimum atomic E-state index is -0.105. The van der Waals surface area contributed by atoms with Gasteiger partial charge < -0.3 is 0 Å². The zero-order valence-corrected chi connectivity index (χ0v) is 18.4. The Labute approximate surface area is 182 Å². The van der Waals surface area contributed by atoms with Crippen molar-refractivity contribution in [3.05, 3.63) is 82.3 Å². The van der Waals surface area contributed by atoms with Gasteiger partial charge in [0.15, 0.2) is 5.17 Å². The molecule has 0 radical (unpaired) electrons. The average Bonchev–Trinajstić information content (AvgIpc) is 3.04. The Hall–Kier alpha value is -2.44. The Morgan fingerprint density at radius 2 is 1.83 bits per heavy atom. The van der Waals surface area contributed by atoms with E-state index in [0.717, 1.165) is 27.4 Å². The first kappa shape index (κ1) is 19.9. The molecule has 0 aromatic heterocycles. The van der Waals surface area contributed by atoms with Crippen LogP contribution in [0.25, 0.3) is 10.8 Å². The van der Waals surface area contributed by atoms with Gasteiger partial charge in [0.1, 0.15) is 0 Å². The number of benzene rings is 3. The summed E-state index contributed by atoms with van der Waals surface area (Å²) in [6, 6.07) is 22.3. The van der Waals surface area contributed by atoms with Crippen molar-refractivity contribution in [3.63, 3.8) is 0 Å². The third kappa shape index (κ3) is 4.43. The molecule has 146 valence electrons. The molecule has 1 heterocycles. The second kappa shape index (κ2) is 8.93. The number of halogens is 1. The van der Waals surface area contributed by atoms with Gasteiger partial charge in [-0.2, -0.15) is 5.10 Å². The molecule has 1 aliphatic heterocycles. The van der Waals surface area contributed by atoms with Gasteiger partial charge >= 0.3 is 0 Å². The number of fused-ring (bicyclic) bond motifs is 1. The molecule has 4 rings (SSSR count). The first-order valence-corrected chi connectivity index (χ1v) is 11.1. The van der Waals surface area contributed by atoms with E-state index >= 15 is 0 Å². The standard InChI is InChI=1S/C23H20BrN3OS/c1-2-21-22(28)27(15-18-8-5-7-17-6-3-4-9-20(17)18)23(29-21)26-25-14-16-10-12-19(24)13-11-16/h3-14,21H,2,15H2,1H3/b25-14-,26-23-/t21-/m1/s1. The van der Waals surface area contributed by atoms with Gasteiger partial charge in [0, 0.05) is 4.47 Å². The molecule has 1 amide bonds. The molecule has 3 aromatic carbocycles. The summed E-state index contributed by atoms with van der Waals surface area (Å²) in [5.41, 5.74) is 2.07. The van der Waals surface area contributed by atoms with Gasteiger partial charge in [-0.3, -0.25) is 9.69 Å². The van der Waals surface area contributed by atoms with Crippen molar-refractivity contribution in [1.82, 2.24) is 4.90 Å². The second-order valence-corrected chi connectivity index (χ2v) is 8.84. The Morgan fingerprint density at radius 1 is 1.07 bits per heavy atom. The van der Waals surface area contributed by atoms with Crippen LogP contribution in [0.2, 0.25) is 0 Å². The SMILES string of the molecule is CC[C@H]1S/C(=N\N=C/c2ccc(Br)cc2)N(Cc2cccc3ccccc23)C1=O. The minimum absolute atomic E-state index is 0.100. The smallest absolute Gasteiger partial charge is 0.242 e. The molecule has 6 heteroatoms. The fraction of sp³-hybridized carbons (Fsp3) is 0.174. The molecular weight excluding hydrogens is 446 g/mol. The lowest BCUT2D eigenvalue weighted by Gasteiger charge is -2.17. The van der Waals surface area contributed by atoms with E-state index < -0.39 is 0 Å². The largest absolute Gasteiger partial charge is 0.284 e. The number of thioether (sulfide) groups is 1. The highest BCUT2D eigenvalue weighted by atomic mass is 79.9. The highest BCUT2D eigenvalue weighted by Crippen LogP contribution is 2.32. The van der Waals surface area contributed by atoms with Crippen molar-refractivity contribution in [2.45, 2.75) is 25.1 Å². The molecule has 1 atom stereocenters. The average molecular weight is 466 g/mol. The zero-order valence-electron chi connectivity index (χ0n) is 16.0. The van der Waals surface area contributed by atoms with E-state index in [2.05, 4.69) is 50.4 Å². The minimum Gasteiger partial charge on any atom is -0.284 e. The van der Waals surface area contributed by atoms with Crippen LogP contribution in [0.15, 0.2) is 81.4 Å². The molecule has 3 aromatic rings. The van der Waals surface area contributed by atoms with Crippen LogP contribution in [0.4, 0.5) is 0 Å². The summed E-state index contributed by atoms with van der Waals surface area (Å²) in [5.74, 6) is 0.100. The lowest BCUT2D eigenvalue weighted by atomic mass is 10.0. The van der Waals surface area contributed by atoms with Gasteiger partial charge in [-0.1, -0.05) is 89.2 Å². The van der Waals surface area contributed by atoms with Crippen LogP contribution in [0.3, 0.4) is 0 Å². The maximum atomic E-state index is 12.9. The quantitative estimate of drug-likeness (QED) is 0.350. The lowest BCUT2D eigenvalue weighted by Crippen LogP contribution is -2.31. The van der Waals surface area contributed by atoms with E-state index in [0.29, 0.717) is 11.7 Å². The van der Waals surface area contributed by atoms with Crippen LogP contribution in [-0.2, 0) is 11.3 Å². The normalized spacial score (nSPS) is 18.4. The summed E-state index contributed by atoms with van der Waals surface area (Å²) in [7, 11) is 0. The molecule has 4 nitrogen and oxygen atoms in total. The van der Waals surface area contributed by atoms with Gasteiger partial charge in [-0.05, 0) is 40.5 Å². The van der Waals surface area contributed by atoms with Crippen molar-refractivity contribution in [3.8, 4) is 0 Å². The van der Waals surface area contributed by atoms with Crippen LogP contribution < -0.4 is 0 Å². The molecule has 0 unspecified atom stereocenters. The van der Waals surface area contributed by atoms with Crippen LogP contribution in [-0.4, -0.2) is 27.4 Å². The predicted molar refractivity (Wildman–Crippen MR) is 125 cm³/mol. The number of amidine groups is 1. The summed E-state index contributed by atoms with van der Waals surface area (Å²) in [4.78, 5) is 14.7. The Kier molecular flexibility index (Phi) is 6.11. The number of hydrogen-bond acceptors (Lipinski definition) is 4. The predicted octanol–water partition coefficient (Wildman–Crippen LogP) is 5.85. The highest BCUT2D eigenvalue weighted by molar-refractivity contribution is 9.10. The molecule has 29 heavy (non-hydrogen) atoms. The number of rotatable bonds is 5. The van der Waals surface area contributed by atoms with E-state index in [1.54, 1.807) is 11.1 Å². The molecule has 0 aliphatic carbocycles. The first-order chi connectivity index (χ1) is 14.2. The molecule has 1 saturated heterocycles. The van der Waals surface area contributed by atoms with E-state index in [9.17, 15) is 4.79 Å².